The van der Waals surface area contributed by atoms with Crippen LogP contribution in [-0.2, 0) is 0 Å². The smallest absolute Gasteiger partial charge is 0.0184 e. The third-order valence-corrected chi connectivity index (χ3v) is 3.92. The van der Waals surface area contributed by atoms with E-state index in [1.165, 1.54) is 38.6 Å². The van der Waals surface area contributed by atoms with Gasteiger partial charge in [0.2, 0.25) is 0 Å². The summed E-state index contributed by atoms with van der Waals surface area (Å²) < 4.78 is 0. The van der Waals surface area contributed by atoms with E-state index < -0.39 is 0 Å². The average Bonchev–Trinajstić information content (AvgIpc) is 2.02. The molecule has 1 saturated carbocycles. The van der Waals surface area contributed by atoms with Gasteiger partial charge in [-0.05, 0) is 50.5 Å². The number of nitrogens with one attached hydrogen (secondary N) is 1. The Kier molecular flexibility index (Phi) is 2.16. The number of rotatable bonds is 1. The van der Waals surface area contributed by atoms with Crippen molar-refractivity contribution in [3.8, 4) is 0 Å². The second-order valence-electron chi connectivity index (χ2n) is 5.06. The Balaban J connectivity index is 1.94. The third kappa shape index (κ3) is 1.39. The van der Waals surface area contributed by atoms with Crippen molar-refractivity contribution in [2.45, 2.75) is 51.5 Å². The van der Waals surface area contributed by atoms with Gasteiger partial charge in [0.15, 0.2) is 0 Å². The standard InChI is InChI=1S/C11H21N/c1-9(2)10-4-7-12-11(8-10)5-3-6-11/h9-10,12H,3-8H2,1-2H3. The molecule has 70 valence electrons. The zero-order chi connectivity index (χ0) is 8.60. The molecule has 2 rings (SSSR count). The lowest BCUT2D eigenvalue weighted by Crippen LogP contribution is -2.56. The zero-order valence-corrected chi connectivity index (χ0v) is 8.40. The maximum Gasteiger partial charge on any atom is 0.0184 e. The molecule has 1 unspecified atom stereocenters. The van der Waals surface area contributed by atoms with Crippen LogP contribution in [0.1, 0.15) is 46.0 Å². The quantitative estimate of drug-likeness (QED) is 0.633. The van der Waals surface area contributed by atoms with Gasteiger partial charge in [-0.3, -0.25) is 0 Å². The van der Waals surface area contributed by atoms with Gasteiger partial charge >= 0.3 is 0 Å². The SMILES string of the molecule is CC(C)C1CCNC2(CCC2)C1. The first kappa shape index (κ1) is 8.55. The topological polar surface area (TPSA) is 12.0 Å². The van der Waals surface area contributed by atoms with Crippen LogP contribution in [0.2, 0.25) is 0 Å². The fourth-order valence-electron chi connectivity index (χ4n) is 2.75. The molecule has 1 saturated heterocycles. The van der Waals surface area contributed by atoms with E-state index >= 15 is 0 Å². The van der Waals surface area contributed by atoms with Gasteiger partial charge in [-0.2, -0.15) is 0 Å². The fraction of sp³-hybridized carbons (Fsp3) is 1.00. The highest BCUT2D eigenvalue weighted by molar-refractivity contribution is 5.00. The Morgan fingerprint density at radius 1 is 1.33 bits per heavy atom. The maximum atomic E-state index is 3.72. The van der Waals surface area contributed by atoms with Crippen molar-refractivity contribution in [3.63, 3.8) is 0 Å². The summed E-state index contributed by atoms with van der Waals surface area (Å²) in [5.74, 6) is 1.89. The van der Waals surface area contributed by atoms with Crippen molar-refractivity contribution >= 4 is 0 Å². The van der Waals surface area contributed by atoms with Crippen LogP contribution in [-0.4, -0.2) is 12.1 Å². The Hall–Kier alpha value is -0.0400. The molecule has 2 fully saturated rings. The predicted molar refractivity (Wildman–Crippen MR) is 52.1 cm³/mol. The highest BCUT2D eigenvalue weighted by atomic mass is 15.0. The minimum Gasteiger partial charge on any atom is -0.311 e. The van der Waals surface area contributed by atoms with E-state index in [2.05, 4.69) is 19.2 Å². The van der Waals surface area contributed by atoms with Crippen molar-refractivity contribution in [3.05, 3.63) is 0 Å². The first-order valence-corrected chi connectivity index (χ1v) is 5.47. The molecular formula is C11H21N. The van der Waals surface area contributed by atoms with Crippen molar-refractivity contribution < 1.29 is 0 Å². The molecule has 0 bridgehead atoms. The minimum atomic E-state index is 0.604. The van der Waals surface area contributed by atoms with Crippen LogP contribution in [0, 0.1) is 11.8 Å². The van der Waals surface area contributed by atoms with Gasteiger partial charge in [0.05, 0.1) is 0 Å². The first-order chi connectivity index (χ1) is 5.72. The van der Waals surface area contributed by atoms with Crippen molar-refractivity contribution in [1.82, 2.24) is 5.32 Å². The lowest BCUT2D eigenvalue weighted by Gasteiger charge is -2.49. The summed E-state index contributed by atoms with van der Waals surface area (Å²) in [6.45, 7) is 6.02. The average molecular weight is 167 g/mol. The number of hydrogen-bond donors (Lipinski definition) is 1. The summed E-state index contributed by atoms with van der Waals surface area (Å²) in [5, 5.41) is 3.72. The van der Waals surface area contributed by atoms with Crippen molar-refractivity contribution in [1.29, 1.82) is 0 Å². The van der Waals surface area contributed by atoms with Gasteiger partial charge in [0, 0.05) is 5.54 Å². The van der Waals surface area contributed by atoms with Gasteiger partial charge in [0.1, 0.15) is 0 Å². The van der Waals surface area contributed by atoms with Gasteiger partial charge in [-0.25, -0.2) is 0 Å². The second kappa shape index (κ2) is 3.02. The van der Waals surface area contributed by atoms with Crippen LogP contribution < -0.4 is 5.32 Å². The molecule has 1 nitrogen and oxygen atoms in total. The van der Waals surface area contributed by atoms with E-state index in [1.807, 2.05) is 0 Å². The molecule has 1 aliphatic heterocycles. The summed E-state index contributed by atoms with van der Waals surface area (Å²) in [5.41, 5.74) is 0.604. The molecule has 0 aromatic rings. The number of piperidine rings is 1. The van der Waals surface area contributed by atoms with Gasteiger partial charge < -0.3 is 5.32 Å². The molecule has 0 radical (unpaired) electrons. The Labute approximate surface area is 75.9 Å². The molecule has 1 heterocycles. The fourth-order valence-corrected chi connectivity index (χ4v) is 2.75. The summed E-state index contributed by atoms with van der Waals surface area (Å²) >= 11 is 0. The molecule has 1 N–H and O–H groups in total. The third-order valence-electron chi connectivity index (χ3n) is 3.92. The van der Waals surface area contributed by atoms with Crippen LogP contribution in [0.15, 0.2) is 0 Å². The van der Waals surface area contributed by atoms with E-state index in [1.54, 1.807) is 0 Å². The van der Waals surface area contributed by atoms with E-state index in [9.17, 15) is 0 Å². The highest BCUT2D eigenvalue weighted by Crippen LogP contribution is 2.42. The van der Waals surface area contributed by atoms with E-state index in [0.717, 1.165) is 11.8 Å². The summed E-state index contributed by atoms with van der Waals surface area (Å²) in [4.78, 5) is 0. The van der Waals surface area contributed by atoms with E-state index in [4.69, 9.17) is 0 Å². The molecule has 1 atom stereocenters. The molecule has 1 aliphatic carbocycles. The second-order valence-corrected chi connectivity index (χ2v) is 5.06. The van der Waals surface area contributed by atoms with Gasteiger partial charge in [-0.15, -0.1) is 0 Å². The lowest BCUT2D eigenvalue weighted by molar-refractivity contribution is 0.0883. The largest absolute Gasteiger partial charge is 0.311 e. The molecule has 12 heavy (non-hydrogen) atoms. The Morgan fingerprint density at radius 3 is 2.58 bits per heavy atom. The van der Waals surface area contributed by atoms with E-state index in [0.29, 0.717) is 5.54 Å². The van der Waals surface area contributed by atoms with Crippen LogP contribution in [0.25, 0.3) is 0 Å². The minimum absolute atomic E-state index is 0.604. The van der Waals surface area contributed by atoms with Crippen molar-refractivity contribution in [2.24, 2.45) is 11.8 Å². The normalized spacial score (nSPS) is 33.8. The monoisotopic (exact) mass is 167 g/mol. The van der Waals surface area contributed by atoms with Crippen LogP contribution in [0.4, 0.5) is 0 Å². The maximum absolute atomic E-state index is 3.72. The molecule has 1 heteroatoms. The molecule has 1 spiro atoms. The zero-order valence-electron chi connectivity index (χ0n) is 8.40. The van der Waals surface area contributed by atoms with Crippen LogP contribution in [0.3, 0.4) is 0 Å². The highest BCUT2D eigenvalue weighted by Gasteiger charge is 2.41. The summed E-state index contributed by atoms with van der Waals surface area (Å²) in [7, 11) is 0. The molecule has 0 aromatic heterocycles. The van der Waals surface area contributed by atoms with Crippen molar-refractivity contribution in [2.75, 3.05) is 6.54 Å². The van der Waals surface area contributed by atoms with Crippen LogP contribution >= 0.6 is 0 Å². The lowest BCUT2D eigenvalue weighted by atomic mass is 9.66. The Bertz CT molecular complexity index is 158. The van der Waals surface area contributed by atoms with E-state index in [-0.39, 0.29) is 0 Å². The first-order valence-electron chi connectivity index (χ1n) is 5.47. The summed E-state index contributed by atoms with van der Waals surface area (Å²) in [6.07, 6.45) is 7.19. The molecule has 0 amide bonds. The van der Waals surface area contributed by atoms with Crippen LogP contribution in [0.5, 0.6) is 0 Å². The summed E-state index contributed by atoms with van der Waals surface area (Å²) in [6, 6.07) is 0. The predicted octanol–water partition coefficient (Wildman–Crippen LogP) is 2.56. The molecular weight excluding hydrogens is 146 g/mol. The Morgan fingerprint density at radius 2 is 2.08 bits per heavy atom. The van der Waals surface area contributed by atoms with Gasteiger partial charge in [-0.1, -0.05) is 13.8 Å². The molecule has 2 aliphatic rings. The van der Waals surface area contributed by atoms with Gasteiger partial charge in [0.25, 0.3) is 0 Å². The number of hydrogen-bond acceptors (Lipinski definition) is 1. The molecule has 0 aromatic carbocycles.